The zero-order chi connectivity index (χ0) is 12.1. The Morgan fingerprint density at radius 1 is 1.59 bits per heavy atom. The molecule has 0 fully saturated rings. The zero-order valence-corrected chi connectivity index (χ0v) is 8.91. The van der Waals surface area contributed by atoms with Gasteiger partial charge in [0, 0.05) is 0 Å². The summed E-state index contributed by atoms with van der Waals surface area (Å²) in [6, 6.07) is 0. The Morgan fingerprint density at radius 2 is 2.47 bits per heavy atom. The first-order valence-electron chi connectivity index (χ1n) is 4.89. The van der Waals surface area contributed by atoms with Crippen molar-refractivity contribution in [2.75, 3.05) is 6.54 Å². The highest BCUT2D eigenvalue weighted by molar-refractivity contribution is 5.77. The number of nitrogens with two attached hydrogens (primary N) is 1. The molecule has 9 heteroatoms. The molecule has 0 atom stereocenters. The third kappa shape index (κ3) is 3.08. The fourth-order valence-electron chi connectivity index (χ4n) is 1.17. The molecule has 0 bridgehead atoms. The van der Waals surface area contributed by atoms with E-state index in [1.54, 1.807) is 10.9 Å². The van der Waals surface area contributed by atoms with Crippen molar-refractivity contribution in [2.24, 2.45) is 5.73 Å². The largest absolute Gasteiger partial charge is 0.349 e. The average molecular weight is 237 g/mol. The van der Waals surface area contributed by atoms with Gasteiger partial charge in [-0.2, -0.15) is 4.98 Å². The van der Waals surface area contributed by atoms with Crippen LogP contribution < -0.4 is 11.1 Å². The van der Waals surface area contributed by atoms with Gasteiger partial charge in [-0.25, -0.2) is 4.68 Å². The Labute approximate surface area is 96.0 Å². The Balaban J connectivity index is 1.90. The lowest BCUT2D eigenvalue weighted by Gasteiger charge is -1.98. The van der Waals surface area contributed by atoms with Crippen LogP contribution in [0.1, 0.15) is 11.5 Å². The van der Waals surface area contributed by atoms with E-state index in [0.29, 0.717) is 24.6 Å². The first-order chi connectivity index (χ1) is 8.28. The molecule has 0 spiro atoms. The lowest BCUT2D eigenvalue weighted by molar-refractivity contribution is -0.119. The van der Waals surface area contributed by atoms with Gasteiger partial charge in [0.1, 0.15) is 12.2 Å². The van der Waals surface area contributed by atoms with Crippen LogP contribution in [0.2, 0.25) is 0 Å². The molecule has 0 unspecified atom stereocenters. The van der Waals surface area contributed by atoms with Crippen molar-refractivity contribution < 1.29 is 9.32 Å². The molecule has 3 N–H and O–H groups in total. The summed E-state index contributed by atoms with van der Waals surface area (Å²) in [7, 11) is 0. The van der Waals surface area contributed by atoms with E-state index in [9.17, 15) is 4.79 Å². The SMILES string of the molecule is NCC(=O)NCc1cn(Cc2ncon2)nn1. The maximum Gasteiger partial charge on any atom is 0.234 e. The third-order valence-electron chi connectivity index (χ3n) is 1.95. The van der Waals surface area contributed by atoms with E-state index in [4.69, 9.17) is 5.73 Å². The second kappa shape index (κ2) is 5.16. The molecule has 0 aliphatic rings. The van der Waals surface area contributed by atoms with Gasteiger partial charge in [-0.1, -0.05) is 10.4 Å². The van der Waals surface area contributed by atoms with Crippen molar-refractivity contribution in [1.82, 2.24) is 30.5 Å². The standard InChI is InChI=1S/C8H11N7O2/c9-1-8(16)10-2-6-3-15(14-12-6)4-7-11-5-17-13-7/h3,5H,1-2,4,9H2,(H,10,16). The molecular formula is C8H11N7O2. The number of carbonyl (C=O) groups excluding carboxylic acids is 1. The van der Waals surface area contributed by atoms with Gasteiger partial charge in [-0.05, 0) is 0 Å². The molecule has 0 saturated carbocycles. The van der Waals surface area contributed by atoms with Crippen LogP contribution in [0, 0.1) is 0 Å². The summed E-state index contributed by atoms with van der Waals surface area (Å²) in [6.07, 6.45) is 2.93. The normalized spacial score (nSPS) is 10.4. The van der Waals surface area contributed by atoms with Crippen molar-refractivity contribution >= 4 is 5.91 Å². The van der Waals surface area contributed by atoms with Crippen LogP contribution in [0.5, 0.6) is 0 Å². The molecule has 0 aromatic carbocycles. The van der Waals surface area contributed by atoms with Gasteiger partial charge in [0.2, 0.25) is 12.3 Å². The predicted molar refractivity (Wildman–Crippen MR) is 54.3 cm³/mol. The van der Waals surface area contributed by atoms with E-state index in [1.807, 2.05) is 0 Å². The summed E-state index contributed by atoms with van der Waals surface area (Å²) in [5.41, 5.74) is 5.79. The van der Waals surface area contributed by atoms with Crippen molar-refractivity contribution in [3.8, 4) is 0 Å². The van der Waals surface area contributed by atoms with E-state index >= 15 is 0 Å². The molecule has 2 aromatic heterocycles. The van der Waals surface area contributed by atoms with Crippen LogP contribution in [0.4, 0.5) is 0 Å². The molecule has 2 heterocycles. The number of nitrogens with zero attached hydrogens (tertiary/aromatic N) is 5. The lowest BCUT2D eigenvalue weighted by Crippen LogP contribution is -2.29. The Morgan fingerprint density at radius 3 is 3.18 bits per heavy atom. The van der Waals surface area contributed by atoms with Crippen molar-refractivity contribution in [2.45, 2.75) is 13.1 Å². The van der Waals surface area contributed by atoms with Crippen LogP contribution in [0.3, 0.4) is 0 Å². The highest BCUT2D eigenvalue weighted by Gasteiger charge is 2.05. The first kappa shape index (κ1) is 11.2. The molecule has 2 rings (SSSR count). The van der Waals surface area contributed by atoms with Gasteiger partial charge < -0.3 is 15.6 Å². The molecule has 0 aliphatic heterocycles. The van der Waals surface area contributed by atoms with E-state index < -0.39 is 0 Å². The van der Waals surface area contributed by atoms with Gasteiger partial charge in [-0.3, -0.25) is 4.79 Å². The van der Waals surface area contributed by atoms with E-state index in [2.05, 4.69) is 30.3 Å². The topological polar surface area (TPSA) is 125 Å². The second-order valence-corrected chi connectivity index (χ2v) is 3.24. The van der Waals surface area contributed by atoms with Crippen LogP contribution in [-0.4, -0.2) is 37.6 Å². The molecule has 2 aromatic rings. The van der Waals surface area contributed by atoms with Crippen LogP contribution in [0.15, 0.2) is 17.1 Å². The van der Waals surface area contributed by atoms with Gasteiger partial charge >= 0.3 is 0 Å². The molecule has 0 radical (unpaired) electrons. The minimum Gasteiger partial charge on any atom is -0.349 e. The summed E-state index contributed by atoms with van der Waals surface area (Å²) in [5, 5.41) is 14.0. The molecule has 90 valence electrons. The summed E-state index contributed by atoms with van der Waals surface area (Å²) in [4.78, 5) is 14.8. The first-order valence-corrected chi connectivity index (χ1v) is 4.89. The number of nitrogens with one attached hydrogen (secondary N) is 1. The minimum absolute atomic E-state index is 0.0446. The molecule has 1 amide bonds. The Bertz CT molecular complexity index is 478. The van der Waals surface area contributed by atoms with Gasteiger partial charge in [-0.15, -0.1) is 5.10 Å². The Hall–Kier alpha value is -2.29. The smallest absolute Gasteiger partial charge is 0.234 e. The maximum atomic E-state index is 10.9. The van der Waals surface area contributed by atoms with Crippen LogP contribution in [0.25, 0.3) is 0 Å². The average Bonchev–Trinajstić information content (AvgIpc) is 2.98. The number of hydrogen-bond donors (Lipinski definition) is 2. The number of amides is 1. The zero-order valence-electron chi connectivity index (χ0n) is 8.91. The lowest BCUT2D eigenvalue weighted by atomic mass is 10.4. The van der Waals surface area contributed by atoms with Crippen molar-refractivity contribution in [3.63, 3.8) is 0 Å². The Kier molecular flexibility index (Phi) is 3.40. The fraction of sp³-hybridized carbons (Fsp3) is 0.375. The van der Waals surface area contributed by atoms with E-state index in [1.165, 1.54) is 6.39 Å². The molecule has 0 saturated heterocycles. The summed E-state index contributed by atoms with van der Waals surface area (Å²) >= 11 is 0. The predicted octanol–water partition coefficient (Wildman–Crippen LogP) is -1.72. The van der Waals surface area contributed by atoms with E-state index in [0.717, 1.165) is 0 Å². The fourth-order valence-corrected chi connectivity index (χ4v) is 1.17. The van der Waals surface area contributed by atoms with Crippen molar-refractivity contribution in [1.29, 1.82) is 0 Å². The highest BCUT2D eigenvalue weighted by atomic mass is 16.5. The maximum absolute atomic E-state index is 10.9. The highest BCUT2D eigenvalue weighted by Crippen LogP contribution is 1.96. The van der Waals surface area contributed by atoms with Crippen LogP contribution in [-0.2, 0) is 17.9 Å². The number of carbonyl (C=O) groups is 1. The van der Waals surface area contributed by atoms with Crippen LogP contribution >= 0.6 is 0 Å². The monoisotopic (exact) mass is 237 g/mol. The molecular weight excluding hydrogens is 226 g/mol. The summed E-state index contributed by atoms with van der Waals surface area (Å²) in [5.74, 6) is 0.269. The van der Waals surface area contributed by atoms with Crippen molar-refractivity contribution in [3.05, 3.63) is 24.1 Å². The third-order valence-corrected chi connectivity index (χ3v) is 1.95. The van der Waals surface area contributed by atoms with Gasteiger partial charge in [0.25, 0.3) is 0 Å². The second-order valence-electron chi connectivity index (χ2n) is 3.24. The number of aromatic nitrogens is 5. The summed E-state index contributed by atoms with van der Waals surface area (Å²) < 4.78 is 6.14. The minimum atomic E-state index is -0.238. The number of rotatable bonds is 5. The van der Waals surface area contributed by atoms with Gasteiger partial charge in [0.15, 0.2) is 5.82 Å². The quantitative estimate of drug-likeness (QED) is 0.633. The molecule has 17 heavy (non-hydrogen) atoms. The number of hydrogen-bond acceptors (Lipinski definition) is 7. The van der Waals surface area contributed by atoms with E-state index in [-0.39, 0.29) is 12.5 Å². The summed E-state index contributed by atoms with van der Waals surface area (Å²) in [6.45, 7) is 0.619. The van der Waals surface area contributed by atoms with Gasteiger partial charge in [0.05, 0.1) is 19.3 Å². The molecule has 9 nitrogen and oxygen atoms in total. The molecule has 0 aliphatic carbocycles.